The van der Waals surface area contributed by atoms with Crippen molar-refractivity contribution in [1.82, 2.24) is 4.90 Å². The zero-order valence-corrected chi connectivity index (χ0v) is 22.1. The minimum Gasteiger partial charge on any atom is -0.493 e. The van der Waals surface area contributed by atoms with Crippen molar-refractivity contribution in [3.05, 3.63) is 59.2 Å². The van der Waals surface area contributed by atoms with Crippen LogP contribution in [-0.2, 0) is 9.84 Å². The number of aryl methyl sites for hydroxylation is 1. The molecule has 7 heteroatoms. The first kappa shape index (κ1) is 24.8. The van der Waals surface area contributed by atoms with Crippen LogP contribution in [0, 0.1) is 12.3 Å². The minimum atomic E-state index is -3.50. The minimum absolute atomic E-state index is 0.0764. The molecule has 6 nitrogen and oxygen atoms in total. The van der Waals surface area contributed by atoms with E-state index < -0.39 is 27.3 Å². The van der Waals surface area contributed by atoms with Crippen molar-refractivity contribution in [1.29, 1.82) is 0 Å². The Labute approximate surface area is 210 Å². The van der Waals surface area contributed by atoms with Gasteiger partial charge in [-0.25, -0.2) is 8.42 Å². The maximum Gasteiger partial charge on any atom is 0.179 e. The normalized spacial score (nSPS) is 30.9. The van der Waals surface area contributed by atoms with Crippen molar-refractivity contribution in [3.63, 3.8) is 0 Å². The van der Waals surface area contributed by atoms with E-state index in [0.717, 1.165) is 23.3 Å². The Morgan fingerprint density at radius 3 is 2.37 bits per heavy atom. The van der Waals surface area contributed by atoms with Crippen LogP contribution in [0.2, 0.25) is 0 Å². The summed E-state index contributed by atoms with van der Waals surface area (Å²) in [5, 5.41) is 11.4. The SMILES string of the molecule is Cc1ccc2c(c1)[C@@H](c1ccc(OCCC[N+]34CCN(CC3)CC4)cc1)[C@@H](O)C(C)(C)CS2(=O)=O. The fourth-order valence-electron chi connectivity index (χ4n) is 6.26. The summed E-state index contributed by atoms with van der Waals surface area (Å²) < 4.78 is 33.7. The number of aliphatic hydroxyl groups excluding tert-OH is 1. The van der Waals surface area contributed by atoms with Crippen molar-refractivity contribution in [2.24, 2.45) is 5.41 Å². The molecule has 3 fully saturated rings. The Balaban J connectivity index is 1.31. The topological polar surface area (TPSA) is 66.8 Å². The number of benzene rings is 2. The van der Waals surface area contributed by atoms with Crippen LogP contribution in [0.25, 0.3) is 0 Å². The van der Waals surface area contributed by atoms with Gasteiger partial charge in [-0.05, 0) is 36.2 Å². The molecule has 4 heterocycles. The van der Waals surface area contributed by atoms with Crippen LogP contribution in [0.4, 0.5) is 0 Å². The summed E-state index contributed by atoms with van der Waals surface area (Å²) in [6.45, 7) is 15.0. The Morgan fingerprint density at radius 1 is 1.06 bits per heavy atom. The lowest BCUT2D eigenvalue weighted by Gasteiger charge is -2.50. The quantitative estimate of drug-likeness (QED) is 0.488. The van der Waals surface area contributed by atoms with Gasteiger partial charge >= 0.3 is 0 Å². The second-order valence-electron chi connectivity index (χ2n) is 11.6. The van der Waals surface area contributed by atoms with E-state index in [1.54, 1.807) is 6.07 Å². The summed E-state index contributed by atoms with van der Waals surface area (Å²) in [5.41, 5.74) is 1.80. The smallest absolute Gasteiger partial charge is 0.179 e. The Hall–Kier alpha value is -1.93. The van der Waals surface area contributed by atoms with Gasteiger partial charge in [-0.1, -0.05) is 43.7 Å². The van der Waals surface area contributed by atoms with Gasteiger partial charge in [0.2, 0.25) is 0 Å². The van der Waals surface area contributed by atoms with E-state index >= 15 is 0 Å². The Morgan fingerprint density at radius 2 is 1.71 bits per heavy atom. The highest BCUT2D eigenvalue weighted by molar-refractivity contribution is 7.91. The third kappa shape index (κ3) is 4.88. The van der Waals surface area contributed by atoms with Gasteiger partial charge in [-0.2, -0.15) is 0 Å². The molecule has 2 aromatic carbocycles. The average Bonchev–Trinajstić information content (AvgIpc) is 2.88. The number of aliphatic hydroxyl groups is 1. The maximum absolute atomic E-state index is 13.2. The van der Waals surface area contributed by atoms with E-state index in [2.05, 4.69) is 4.90 Å². The molecule has 2 atom stereocenters. The number of nitrogens with zero attached hydrogens (tertiary/aromatic N) is 2. The van der Waals surface area contributed by atoms with E-state index in [1.807, 2.05) is 57.2 Å². The van der Waals surface area contributed by atoms with E-state index in [4.69, 9.17) is 4.74 Å². The zero-order valence-electron chi connectivity index (χ0n) is 21.2. The second kappa shape index (κ2) is 9.18. The highest BCUT2D eigenvalue weighted by Gasteiger charge is 2.45. The first-order valence-electron chi connectivity index (χ1n) is 12.9. The molecule has 2 aromatic rings. The number of hydrogen-bond acceptors (Lipinski definition) is 5. The molecule has 0 spiro atoms. The predicted molar refractivity (Wildman–Crippen MR) is 138 cm³/mol. The van der Waals surface area contributed by atoms with Crippen LogP contribution in [-0.4, -0.2) is 87.2 Å². The largest absolute Gasteiger partial charge is 0.493 e. The number of fused-ring (bicyclic) bond motifs is 4. The molecule has 4 aliphatic heterocycles. The van der Waals surface area contributed by atoms with Gasteiger partial charge in [0.15, 0.2) is 9.84 Å². The van der Waals surface area contributed by atoms with E-state index in [-0.39, 0.29) is 5.75 Å². The summed E-state index contributed by atoms with van der Waals surface area (Å²) in [4.78, 5) is 2.91. The molecule has 1 N–H and O–H groups in total. The lowest BCUT2D eigenvalue weighted by atomic mass is 9.75. The summed E-state index contributed by atoms with van der Waals surface area (Å²) in [6.07, 6.45) is 0.216. The molecule has 0 radical (unpaired) electrons. The van der Waals surface area contributed by atoms with E-state index in [0.29, 0.717) is 17.1 Å². The van der Waals surface area contributed by atoms with Crippen LogP contribution < -0.4 is 4.74 Å². The molecular weight excluding hydrogens is 460 g/mol. The number of ether oxygens (including phenoxy) is 1. The predicted octanol–water partition coefficient (Wildman–Crippen LogP) is 3.22. The first-order chi connectivity index (χ1) is 16.6. The van der Waals surface area contributed by atoms with Gasteiger partial charge in [-0.15, -0.1) is 0 Å². The van der Waals surface area contributed by atoms with Crippen LogP contribution >= 0.6 is 0 Å². The molecule has 0 amide bonds. The van der Waals surface area contributed by atoms with Crippen LogP contribution in [0.1, 0.15) is 42.9 Å². The summed E-state index contributed by atoms with van der Waals surface area (Å²) in [5.74, 6) is 0.323. The van der Waals surface area contributed by atoms with Crippen molar-refractivity contribution in [2.75, 3.05) is 58.2 Å². The monoisotopic (exact) mass is 499 g/mol. The lowest BCUT2D eigenvalue weighted by Crippen LogP contribution is -2.67. The fraction of sp³-hybridized carbons (Fsp3) is 0.571. The van der Waals surface area contributed by atoms with Gasteiger partial charge in [0, 0.05) is 37.4 Å². The zero-order chi connectivity index (χ0) is 24.8. The van der Waals surface area contributed by atoms with Gasteiger partial charge in [0.25, 0.3) is 0 Å². The highest BCUT2D eigenvalue weighted by atomic mass is 32.2. The maximum atomic E-state index is 13.2. The Bertz CT molecular complexity index is 1150. The van der Waals surface area contributed by atoms with Crippen LogP contribution in [0.15, 0.2) is 47.4 Å². The Kier molecular flexibility index (Phi) is 6.49. The van der Waals surface area contributed by atoms with Gasteiger partial charge in [-0.3, -0.25) is 4.90 Å². The first-order valence-corrected chi connectivity index (χ1v) is 14.6. The fourth-order valence-corrected chi connectivity index (χ4v) is 8.38. The van der Waals surface area contributed by atoms with E-state index in [9.17, 15) is 13.5 Å². The number of hydrogen-bond donors (Lipinski definition) is 1. The summed E-state index contributed by atoms with van der Waals surface area (Å²) >= 11 is 0. The molecule has 0 aromatic heterocycles. The molecule has 3 saturated heterocycles. The summed E-state index contributed by atoms with van der Waals surface area (Å²) in [6, 6.07) is 13.3. The molecular formula is C28H39N2O4S+. The number of piperazine rings is 3. The van der Waals surface area contributed by atoms with Crippen molar-refractivity contribution in [2.45, 2.75) is 44.1 Å². The molecule has 0 saturated carbocycles. The van der Waals surface area contributed by atoms with Crippen molar-refractivity contribution < 1.29 is 22.7 Å². The molecule has 4 aliphatic rings. The van der Waals surface area contributed by atoms with Gasteiger partial charge in [0.1, 0.15) is 5.75 Å². The van der Waals surface area contributed by atoms with Gasteiger partial charge < -0.3 is 14.3 Å². The molecule has 6 rings (SSSR count). The second-order valence-corrected chi connectivity index (χ2v) is 13.5. The third-order valence-corrected chi connectivity index (χ3v) is 10.6. The van der Waals surface area contributed by atoms with Crippen LogP contribution in [0.3, 0.4) is 0 Å². The number of sulfone groups is 1. The average molecular weight is 500 g/mol. The number of rotatable bonds is 6. The standard InChI is InChI=1S/C28H39N2O4S/c1-21-5-10-25-24(19-21)26(27(31)28(2,3)20-35(25,32)33)22-6-8-23(9-7-22)34-18-4-14-30-15-11-29(12-16-30)13-17-30/h5-10,19,26-27,31H,4,11-18,20H2,1-3H3/q+1/t26-,27-/m1/s1. The van der Waals surface area contributed by atoms with Gasteiger partial charge in [0.05, 0.1) is 49.5 Å². The summed E-state index contributed by atoms with van der Waals surface area (Å²) in [7, 11) is -3.50. The molecule has 35 heavy (non-hydrogen) atoms. The molecule has 2 bridgehead atoms. The lowest BCUT2D eigenvalue weighted by molar-refractivity contribution is -0.941. The molecule has 0 unspecified atom stereocenters. The van der Waals surface area contributed by atoms with Crippen LogP contribution in [0.5, 0.6) is 5.75 Å². The molecule has 190 valence electrons. The van der Waals surface area contributed by atoms with Crippen molar-refractivity contribution in [3.8, 4) is 5.75 Å². The highest BCUT2D eigenvalue weighted by Crippen LogP contribution is 2.45. The third-order valence-electron chi connectivity index (χ3n) is 8.47. The number of quaternary nitrogens is 1. The molecule has 0 aliphatic carbocycles. The van der Waals surface area contributed by atoms with Crippen molar-refractivity contribution >= 4 is 9.84 Å². The van der Waals surface area contributed by atoms with E-state index in [1.165, 1.54) is 50.3 Å².